The third-order valence-corrected chi connectivity index (χ3v) is 1.50. The van der Waals surface area contributed by atoms with Gasteiger partial charge in [0, 0.05) is 13.2 Å². The van der Waals surface area contributed by atoms with Gasteiger partial charge in [-0.1, -0.05) is 0 Å². The summed E-state index contributed by atoms with van der Waals surface area (Å²) in [5.74, 6) is 0.591. The molecule has 1 aliphatic heterocycles. The first-order chi connectivity index (χ1) is 5.65. The van der Waals surface area contributed by atoms with Crippen LogP contribution in [0.3, 0.4) is 0 Å². The average Bonchev–Trinajstić information content (AvgIpc) is 2.05. The van der Waals surface area contributed by atoms with Gasteiger partial charge in [0.2, 0.25) is 0 Å². The fourth-order valence-electron chi connectivity index (χ4n) is 0.804. The number of allylic oxidation sites excluding steroid dienone is 1. The molecule has 1 heterocycles. The van der Waals surface area contributed by atoms with E-state index in [0.29, 0.717) is 0 Å². The first-order valence-electron chi connectivity index (χ1n) is 3.26. The number of hydrogen-bond donors (Lipinski definition) is 1. The van der Waals surface area contributed by atoms with Gasteiger partial charge in [-0.15, -0.1) is 0 Å². The van der Waals surface area contributed by atoms with E-state index in [9.17, 15) is 9.59 Å². The van der Waals surface area contributed by atoms with E-state index in [0.717, 1.165) is 0 Å². The van der Waals surface area contributed by atoms with E-state index in [2.05, 4.69) is 0 Å². The Labute approximate surface area is 69.1 Å². The zero-order chi connectivity index (χ0) is 9.14. The fraction of sp³-hybridized carbons (Fsp3) is 0.125. The summed E-state index contributed by atoms with van der Waals surface area (Å²) in [6, 6.07) is 0. The number of carboxylic acids is 1. The fourth-order valence-corrected chi connectivity index (χ4v) is 0.804. The van der Waals surface area contributed by atoms with Gasteiger partial charge in [-0.3, -0.25) is 0 Å². The van der Waals surface area contributed by atoms with E-state index < -0.39 is 5.97 Å². The van der Waals surface area contributed by atoms with Crippen LogP contribution in [0, 0.1) is 0 Å². The third kappa shape index (κ3) is 1.44. The minimum Gasteiger partial charge on any atom is -0.478 e. The number of nitrogens with zero attached hydrogens (tertiary/aromatic N) is 1. The zero-order valence-electron chi connectivity index (χ0n) is 6.44. The molecule has 0 aromatic rings. The van der Waals surface area contributed by atoms with E-state index >= 15 is 0 Å². The van der Waals surface area contributed by atoms with Crippen molar-refractivity contribution in [1.29, 1.82) is 0 Å². The summed E-state index contributed by atoms with van der Waals surface area (Å²) in [7, 11) is 1.64. The van der Waals surface area contributed by atoms with Gasteiger partial charge in [0.25, 0.3) is 0 Å². The molecule has 1 N–H and O–H groups in total. The van der Waals surface area contributed by atoms with Crippen LogP contribution in [0.15, 0.2) is 29.6 Å². The van der Waals surface area contributed by atoms with Crippen molar-refractivity contribution in [2.45, 2.75) is 0 Å². The van der Waals surface area contributed by atoms with Crippen molar-refractivity contribution in [3.63, 3.8) is 0 Å². The lowest BCUT2D eigenvalue weighted by Gasteiger charge is -2.15. The van der Waals surface area contributed by atoms with Crippen LogP contribution in [0.25, 0.3) is 0 Å². The second-order valence-corrected chi connectivity index (χ2v) is 2.32. The van der Waals surface area contributed by atoms with Gasteiger partial charge in [0.1, 0.15) is 5.70 Å². The molecule has 0 aromatic heterocycles. The molecule has 0 amide bonds. The average molecular weight is 165 g/mol. The summed E-state index contributed by atoms with van der Waals surface area (Å²) >= 11 is 0. The lowest BCUT2D eigenvalue weighted by Crippen LogP contribution is -2.15. The van der Waals surface area contributed by atoms with E-state index in [1.54, 1.807) is 13.0 Å². The van der Waals surface area contributed by atoms with Crippen LogP contribution in [-0.2, 0) is 9.59 Å². The Morgan fingerprint density at radius 1 is 1.67 bits per heavy atom. The molecule has 0 saturated heterocycles. The first kappa shape index (κ1) is 8.30. The molecule has 62 valence electrons. The molecule has 1 rings (SSSR count). The lowest BCUT2D eigenvalue weighted by molar-refractivity contribution is -0.132. The van der Waals surface area contributed by atoms with Crippen molar-refractivity contribution in [3.8, 4) is 0 Å². The highest BCUT2D eigenvalue weighted by molar-refractivity contribution is 5.91. The highest BCUT2D eigenvalue weighted by Crippen LogP contribution is 2.12. The maximum Gasteiger partial charge on any atom is 0.335 e. The second-order valence-electron chi connectivity index (χ2n) is 2.32. The van der Waals surface area contributed by atoms with Gasteiger partial charge in [-0.05, 0) is 12.2 Å². The monoisotopic (exact) mass is 165 g/mol. The predicted molar refractivity (Wildman–Crippen MR) is 41.8 cm³/mol. The number of rotatable bonds is 1. The number of carbonyl (C=O) groups is 1. The summed E-state index contributed by atoms with van der Waals surface area (Å²) in [6.07, 6.45) is 4.20. The SMILES string of the molecule is CN1C=CC(C(=O)O)=CC1=C=O. The van der Waals surface area contributed by atoms with E-state index in [4.69, 9.17) is 5.11 Å². The van der Waals surface area contributed by atoms with Crippen molar-refractivity contribution in [3.05, 3.63) is 29.6 Å². The summed E-state index contributed by atoms with van der Waals surface area (Å²) in [5, 5.41) is 8.56. The summed E-state index contributed by atoms with van der Waals surface area (Å²) in [6.45, 7) is 0. The normalized spacial score (nSPS) is 15.6. The van der Waals surface area contributed by atoms with Crippen LogP contribution in [0.1, 0.15) is 0 Å². The van der Waals surface area contributed by atoms with Crippen LogP contribution >= 0.6 is 0 Å². The zero-order valence-corrected chi connectivity index (χ0v) is 6.44. The van der Waals surface area contributed by atoms with E-state index in [1.807, 2.05) is 0 Å². The van der Waals surface area contributed by atoms with Gasteiger partial charge in [0.05, 0.1) is 5.57 Å². The molecule has 0 unspecified atom stereocenters. The number of carboxylic acid groups (broad SMARTS) is 1. The molecular formula is C8H7NO3. The Morgan fingerprint density at radius 3 is 2.83 bits per heavy atom. The van der Waals surface area contributed by atoms with Crippen molar-refractivity contribution in [1.82, 2.24) is 4.90 Å². The summed E-state index contributed by atoms with van der Waals surface area (Å²) in [5.41, 5.74) is 0.307. The quantitative estimate of drug-likeness (QED) is 0.563. The lowest BCUT2D eigenvalue weighted by atomic mass is 10.1. The molecule has 4 nitrogen and oxygen atoms in total. The molecule has 0 fully saturated rings. The van der Waals surface area contributed by atoms with Crippen molar-refractivity contribution in [2.75, 3.05) is 7.05 Å². The van der Waals surface area contributed by atoms with Gasteiger partial charge in [0.15, 0.2) is 5.94 Å². The highest BCUT2D eigenvalue weighted by Gasteiger charge is 2.11. The van der Waals surface area contributed by atoms with Crippen LogP contribution in [0.2, 0.25) is 0 Å². The van der Waals surface area contributed by atoms with Crippen LogP contribution < -0.4 is 0 Å². The third-order valence-electron chi connectivity index (χ3n) is 1.50. The molecule has 0 spiro atoms. The van der Waals surface area contributed by atoms with E-state index in [-0.39, 0.29) is 11.3 Å². The molecule has 0 radical (unpaired) electrons. The Kier molecular flexibility index (Phi) is 2.12. The van der Waals surface area contributed by atoms with Gasteiger partial charge < -0.3 is 10.0 Å². The Balaban J connectivity index is 3.04. The minimum absolute atomic E-state index is 0.0893. The topological polar surface area (TPSA) is 57.6 Å². The van der Waals surface area contributed by atoms with Crippen molar-refractivity contribution in [2.24, 2.45) is 0 Å². The Bertz CT molecular complexity index is 321. The van der Waals surface area contributed by atoms with Gasteiger partial charge in [-0.25, -0.2) is 9.59 Å². The Hall–Kier alpha value is -1.80. The van der Waals surface area contributed by atoms with Crippen molar-refractivity contribution < 1.29 is 14.7 Å². The van der Waals surface area contributed by atoms with E-state index in [1.165, 1.54) is 23.3 Å². The Morgan fingerprint density at radius 2 is 2.33 bits per heavy atom. The molecule has 1 aliphatic rings. The molecule has 0 saturated carbocycles. The molecule has 0 aliphatic carbocycles. The van der Waals surface area contributed by atoms with Crippen molar-refractivity contribution >= 4 is 11.9 Å². The second kappa shape index (κ2) is 3.07. The largest absolute Gasteiger partial charge is 0.478 e. The summed E-state index contributed by atoms with van der Waals surface area (Å²) in [4.78, 5) is 22.2. The van der Waals surface area contributed by atoms with Gasteiger partial charge >= 0.3 is 5.97 Å². The molecule has 12 heavy (non-hydrogen) atoms. The van der Waals surface area contributed by atoms with Crippen LogP contribution in [0.4, 0.5) is 0 Å². The smallest absolute Gasteiger partial charge is 0.335 e. The maximum absolute atomic E-state index is 10.4. The minimum atomic E-state index is -1.05. The van der Waals surface area contributed by atoms with Gasteiger partial charge in [-0.2, -0.15) is 0 Å². The number of likely N-dealkylation sites (N-methyl/N-ethyl adjacent to an activating group) is 1. The maximum atomic E-state index is 10.4. The number of hydrogen-bond acceptors (Lipinski definition) is 3. The number of aliphatic carboxylic acids is 1. The summed E-state index contributed by atoms with van der Waals surface area (Å²) < 4.78 is 0. The molecule has 0 bridgehead atoms. The molecule has 0 aromatic carbocycles. The highest BCUT2D eigenvalue weighted by atomic mass is 16.4. The van der Waals surface area contributed by atoms with Crippen LogP contribution in [0.5, 0.6) is 0 Å². The first-order valence-corrected chi connectivity index (χ1v) is 3.26. The van der Waals surface area contributed by atoms with Crippen LogP contribution in [-0.4, -0.2) is 29.0 Å². The molecule has 0 atom stereocenters. The number of carbonyl (C=O) groups excluding carboxylic acids is 1. The predicted octanol–water partition coefficient (Wildman–Crippen LogP) is 0.172. The molecular weight excluding hydrogens is 158 g/mol. The molecule has 4 heteroatoms. The standard InChI is InChI=1S/C8H7NO3/c1-9-3-2-6(8(11)12)4-7(9)5-10/h2-4H,1H3,(H,11,12).